The predicted octanol–water partition coefficient (Wildman–Crippen LogP) is 1.10. The molecule has 1 aromatic carbocycles. The minimum absolute atomic E-state index is 0.0476. The number of nitrogens with one attached hydrogen (secondary N) is 3. The molecule has 0 spiro atoms. The fourth-order valence-electron chi connectivity index (χ4n) is 1.83. The molecule has 0 aliphatic heterocycles. The van der Waals surface area contributed by atoms with Crippen LogP contribution in [0.25, 0.3) is 0 Å². The van der Waals surface area contributed by atoms with E-state index in [4.69, 9.17) is 0 Å². The second-order valence-corrected chi connectivity index (χ2v) is 4.34. The fraction of sp³-hybridized carbons (Fsp3) is 0.286. The summed E-state index contributed by atoms with van der Waals surface area (Å²) >= 11 is 0. The smallest absolute Gasteiger partial charge is 0.257 e. The normalized spacial score (nSPS) is 13.6. The maximum Gasteiger partial charge on any atom is 0.257 e. The molecule has 1 aliphatic rings. The molecule has 0 atom stereocenters. The Balaban J connectivity index is 1.70. The van der Waals surface area contributed by atoms with E-state index in [-0.39, 0.29) is 18.4 Å². The Morgan fingerprint density at radius 3 is 2.63 bits per heavy atom. The molecule has 2 amide bonds. The molecule has 2 rings (SSSR count). The number of carbonyl (C=O) groups is 2. The lowest BCUT2D eigenvalue weighted by atomic mass is 10.2. The minimum atomic E-state index is -0.267. The van der Waals surface area contributed by atoms with E-state index < -0.39 is 0 Å². The number of hydrogen-bond acceptors (Lipinski definition) is 3. The molecule has 5 heteroatoms. The van der Waals surface area contributed by atoms with Crippen LogP contribution in [0.5, 0.6) is 0 Å². The van der Waals surface area contributed by atoms with Crippen molar-refractivity contribution in [1.29, 1.82) is 0 Å². The SMILES string of the molecule is O=C(CNC(=O)c1ccccc1)NNC1=CCCC1. The molecule has 1 aliphatic carbocycles. The molecule has 0 saturated heterocycles. The number of rotatable bonds is 5. The molecule has 0 bridgehead atoms. The number of hydrazine groups is 1. The van der Waals surface area contributed by atoms with Crippen LogP contribution < -0.4 is 16.2 Å². The molecule has 0 aromatic heterocycles. The van der Waals surface area contributed by atoms with Gasteiger partial charge in [-0.15, -0.1) is 0 Å². The second-order valence-electron chi connectivity index (χ2n) is 4.34. The molecule has 0 unspecified atom stereocenters. The van der Waals surface area contributed by atoms with E-state index in [2.05, 4.69) is 22.2 Å². The Morgan fingerprint density at radius 1 is 1.16 bits per heavy atom. The summed E-state index contributed by atoms with van der Waals surface area (Å²) < 4.78 is 0. The number of amides is 2. The number of hydrogen-bond donors (Lipinski definition) is 3. The zero-order valence-corrected chi connectivity index (χ0v) is 10.6. The van der Waals surface area contributed by atoms with Gasteiger partial charge in [-0.05, 0) is 31.4 Å². The maximum absolute atomic E-state index is 11.7. The van der Waals surface area contributed by atoms with Crippen LogP contribution in [0, 0.1) is 0 Å². The van der Waals surface area contributed by atoms with Crippen molar-refractivity contribution in [1.82, 2.24) is 16.2 Å². The van der Waals surface area contributed by atoms with Gasteiger partial charge in [0.1, 0.15) is 0 Å². The monoisotopic (exact) mass is 259 g/mol. The number of allylic oxidation sites excluding steroid dienone is 2. The van der Waals surface area contributed by atoms with Crippen molar-refractivity contribution >= 4 is 11.8 Å². The van der Waals surface area contributed by atoms with Gasteiger partial charge < -0.3 is 10.7 Å². The number of carbonyl (C=O) groups excluding carboxylic acids is 2. The van der Waals surface area contributed by atoms with Crippen molar-refractivity contribution in [3.05, 3.63) is 47.7 Å². The van der Waals surface area contributed by atoms with E-state index in [1.807, 2.05) is 6.07 Å². The third kappa shape index (κ3) is 4.13. The van der Waals surface area contributed by atoms with Gasteiger partial charge in [-0.2, -0.15) is 0 Å². The standard InChI is InChI=1S/C14H17N3O2/c18-13(17-16-12-8-4-5-9-12)10-15-14(19)11-6-2-1-3-7-11/h1-3,6-8,16H,4-5,9-10H2,(H,15,19)(H,17,18). The summed E-state index contributed by atoms with van der Waals surface area (Å²) in [7, 11) is 0. The summed E-state index contributed by atoms with van der Waals surface area (Å²) in [5.74, 6) is -0.520. The molecule has 0 fully saturated rings. The topological polar surface area (TPSA) is 70.2 Å². The largest absolute Gasteiger partial charge is 0.343 e. The Labute approximate surface area is 112 Å². The zero-order valence-electron chi connectivity index (χ0n) is 10.6. The van der Waals surface area contributed by atoms with Crippen molar-refractivity contribution in [2.24, 2.45) is 0 Å². The van der Waals surface area contributed by atoms with Gasteiger partial charge in [-0.1, -0.05) is 24.3 Å². The van der Waals surface area contributed by atoms with Gasteiger partial charge in [0.05, 0.1) is 6.54 Å². The summed E-state index contributed by atoms with van der Waals surface area (Å²) in [4.78, 5) is 23.2. The van der Waals surface area contributed by atoms with E-state index in [0.717, 1.165) is 25.0 Å². The van der Waals surface area contributed by atoms with Crippen molar-refractivity contribution in [3.8, 4) is 0 Å². The van der Waals surface area contributed by atoms with Crippen LogP contribution in [-0.4, -0.2) is 18.4 Å². The highest BCUT2D eigenvalue weighted by molar-refractivity contribution is 5.96. The van der Waals surface area contributed by atoms with Gasteiger partial charge >= 0.3 is 0 Å². The summed E-state index contributed by atoms with van der Waals surface area (Å²) in [6, 6.07) is 8.80. The van der Waals surface area contributed by atoms with E-state index in [1.54, 1.807) is 24.3 Å². The first kappa shape index (κ1) is 13.1. The highest BCUT2D eigenvalue weighted by Gasteiger charge is 2.08. The van der Waals surface area contributed by atoms with Gasteiger partial charge in [0, 0.05) is 11.3 Å². The lowest BCUT2D eigenvalue weighted by molar-refractivity contribution is -0.120. The third-order valence-electron chi connectivity index (χ3n) is 2.85. The van der Waals surface area contributed by atoms with Gasteiger partial charge in [0.15, 0.2) is 0 Å². The zero-order chi connectivity index (χ0) is 13.5. The van der Waals surface area contributed by atoms with E-state index in [9.17, 15) is 9.59 Å². The maximum atomic E-state index is 11.7. The molecule has 100 valence electrons. The molecule has 0 radical (unpaired) electrons. The number of benzene rings is 1. The molecule has 0 heterocycles. The Morgan fingerprint density at radius 2 is 1.95 bits per heavy atom. The first-order valence-electron chi connectivity index (χ1n) is 6.33. The second kappa shape index (κ2) is 6.58. The van der Waals surface area contributed by atoms with Gasteiger partial charge in [0.25, 0.3) is 11.8 Å². The molecule has 0 saturated carbocycles. The molecular formula is C14H17N3O2. The molecular weight excluding hydrogens is 242 g/mol. The van der Waals surface area contributed by atoms with Crippen LogP contribution in [0.2, 0.25) is 0 Å². The van der Waals surface area contributed by atoms with Crippen LogP contribution in [0.15, 0.2) is 42.1 Å². The Hall–Kier alpha value is -2.30. The summed E-state index contributed by atoms with van der Waals surface area (Å²) in [5, 5.41) is 2.56. The highest BCUT2D eigenvalue weighted by atomic mass is 16.2. The van der Waals surface area contributed by atoms with Crippen molar-refractivity contribution in [2.45, 2.75) is 19.3 Å². The van der Waals surface area contributed by atoms with Crippen LogP contribution in [0.4, 0.5) is 0 Å². The van der Waals surface area contributed by atoms with Crippen LogP contribution in [0.1, 0.15) is 29.6 Å². The summed E-state index contributed by atoms with van der Waals surface area (Å²) in [5.41, 5.74) is 6.99. The Kier molecular flexibility index (Phi) is 4.55. The van der Waals surface area contributed by atoms with Gasteiger partial charge in [-0.3, -0.25) is 15.0 Å². The fourth-order valence-corrected chi connectivity index (χ4v) is 1.83. The molecule has 1 aromatic rings. The minimum Gasteiger partial charge on any atom is -0.343 e. The highest BCUT2D eigenvalue weighted by Crippen LogP contribution is 2.13. The first-order chi connectivity index (χ1) is 9.25. The average Bonchev–Trinajstić information content (AvgIpc) is 2.96. The van der Waals surface area contributed by atoms with Crippen LogP contribution in [0.3, 0.4) is 0 Å². The van der Waals surface area contributed by atoms with Crippen molar-refractivity contribution in [2.75, 3.05) is 6.54 Å². The van der Waals surface area contributed by atoms with Gasteiger partial charge in [-0.25, -0.2) is 0 Å². The molecule has 5 nitrogen and oxygen atoms in total. The van der Waals surface area contributed by atoms with Crippen LogP contribution in [-0.2, 0) is 4.79 Å². The van der Waals surface area contributed by atoms with Gasteiger partial charge in [0.2, 0.25) is 0 Å². The average molecular weight is 259 g/mol. The lowest BCUT2D eigenvalue weighted by Gasteiger charge is -2.09. The van der Waals surface area contributed by atoms with Crippen molar-refractivity contribution in [3.63, 3.8) is 0 Å². The molecule has 19 heavy (non-hydrogen) atoms. The third-order valence-corrected chi connectivity index (χ3v) is 2.85. The summed E-state index contributed by atoms with van der Waals surface area (Å²) in [6.45, 7) is -0.0476. The predicted molar refractivity (Wildman–Crippen MR) is 72.0 cm³/mol. The van der Waals surface area contributed by atoms with E-state index in [0.29, 0.717) is 5.56 Å². The summed E-state index contributed by atoms with van der Waals surface area (Å²) in [6.07, 6.45) is 5.17. The van der Waals surface area contributed by atoms with Crippen LogP contribution >= 0.6 is 0 Å². The first-order valence-corrected chi connectivity index (χ1v) is 6.33. The van der Waals surface area contributed by atoms with Crippen molar-refractivity contribution < 1.29 is 9.59 Å². The lowest BCUT2D eigenvalue weighted by Crippen LogP contribution is -2.43. The van der Waals surface area contributed by atoms with E-state index >= 15 is 0 Å². The Bertz CT molecular complexity index is 483. The van der Waals surface area contributed by atoms with E-state index in [1.165, 1.54) is 0 Å². The quantitative estimate of drug-likeness (QED) is 0.694. The molecule has 3 N–H and O–H groups in total.